The molecular weight excluding hydrogens is 462 g/mol. The third kappa shape index (κ3) is 5.47. The van der Waals surface area contributed by atoms with Gasteiger partial charge in [0.1, 0.15) is 5.82 Å². The SMILES string of the molecule is COc1cc(N2CCc3nc(NC(=O)N4CCOC(C(=O)NC(C)C)C4)sc3C2)nc(OC)n1. The van der Waals surface area contributed by atoms with Gasteiger partial charge >= 0.3 is 12.0 Å². The number of rotatable bonds is 6. The van der Waals surface area contributed by atoms with Gasteiger partial charge in [-0.15, -0.1) is 0 Å². The summed E-state index contributed by atoms with van der Waals surface area (Å²) in [6.07, 6.45) is 0.0347. The van der Waals surface area contributed by atoms with Crippen molar-refractivity contribution in [3.8, 4) is 11.9 Å². The molecule has 0 bridgehead atoms. The standard InChI is InChI=1S/C21H29N7O5S/c1-12(2)22-18(29)14-10-28(7-8-33-14)21(30)26-20-23-13-5-6-27(11-15(13)34-20)16-9-17(31-3)25-19(24-16)32-4/h9,12,14H,5-8,10-11H2,1-4H3,(H,22,29)(H,23,26,30). The Bertz CT molecular complexity index is 1020. The average Bonchev–Trinajstić information content (AvgIpc) is 3.24. The zero-order valence-electron chi connectivity index (χ0n) is 19.7. The summed E-state index contributed by atoms with van der Waals surface area (Å²) < 4.78 is 16.0. The predicted octanol–water partition coefficient (Wildman–Crippen LogP) is 1.27. The average molecular weight is 492 g/mol. The number of nitrogens with zero attached hydrogens (tertiary/aromatic N) is 5. The van der Waals surface area contributed by atoms with Crippen molar-refractivity contribution in [2.75, 3.05) is 50.7 Å². The second-order valence-corrected chi connectivity index (χ2v) is 9.30. The van der Waals surface area contributed by atoms with Crippen molar-refractivity contribution >= 4 is 34.2 Å². The second kappa shape index (κ2) is 10.4. The van der Waals surface area contributed by atoms with Crippen molar-refractivity contribution in [3.63, 3.8) is 0 Å². The molecule has 184 valence electrons. The van der Waals surface area contributed by atoms with Crippen molar-refractivity contribution in [1.82, 2.24) is 25.2 Å². The maximum atomic E-state index is 12.8. The van der Waals surface area contributed by atoms with Crippen molar-refractivity contribution < 1.29 is 23.8 Å². The number of aromatic nitrogens is 3. The van der Waals surface area contributed by atoms with Gasteiger partial charge in [0.05, 0.1) is 39.6 Å². The summed E-state index contributed by atoms with van der Waals surface area (Å²) in [6, 6.07) is 1.72. The van der Waals surface area contributed by atoms with Crippen LogP contribution in [0.3, 0.4) is 0 Å². The van der Waals surface area contributed by atoms with E-state index < -0.39 is 6.10 Å². The Hall–Kier alpha value is -3.19. The number of hydrogen-bond acceptors (Lipinski definition) is 10. The summed E-state index contributed by atoms with van der Waals surface area (Å²) in [4.78, 5) is 43.0. The summed E-state index contributed by atoms with van der Waals surface area (Å²) in [5, 5.41) is 6.24. The van der Waals surface area contributed by atoms with E-state index in [2.05, 4.69) is 30.5 Å². The van der Waals surface area contributed by atoms with E-state index in [1.54, 1.807) is 18.1 Å². The highest BCUT2D eigenvalue weighted by molar-refractivity contribution is 7.15. The quantitative estimate of drug-likeness (QED) is 0.613. The number of fused-ring (bicyclic) bond motifs is 1. The molecular formula is C21H29N7O5S. The maximum absolute atomic E-state index is 12.8. The van der Waals surface area contributed by atoms with Crippen LogP contribution in [-0.4, -0.2) is 84.4 Å². The molecule has 2 aromatic rings. The lowest BCUT2D eigenvalue weighted by molar-refractivity contribution is -0.137. The molecule has 1 saturated heterocycles. The van der Waals surface area contributed by atoms with Crippen molar-refractivity contribution in [2.24, 2.45) is 0 Å². The zero-order chi connectivity index (χ0) is 24.2. The largest absolute Gasteiger partial charge is 0.481 e. The van der Waals surface area contributed by atoms with Crippen LogP contribution in [0.4, 0.5) is 15.7 Å². The number of thiazole rings is 1. The Morgan fingerprint density at radius 3 is 2.76 bits per heavy atom. The minimum absolute atomic E-state index is 0.00558. The number of urea groups is 1. The van der Waals surface area contributed by atoms with E-state index in [4.69, 9.17) is 14.2 Å². The van der Waals surface area contributed by atoms with Crippen LogP contribution in [0.1, 0.15) is 24.4 Å². The smallest absolute Gasteiger partial charge is 0.323 e. The lowest BCUT2D eigenvalue weighted by Crippen LogP contribution is -2.53. The van der Waals surface area contributed by atoms with Gasteiger partial charge in [0.2, 0.25) is 5.88 Å². The molecule has 3 amide bonds. The highest BCUT2D eigenvalue weighted by Crippen LogP contribution is 2.31. The molecule has 34 heavy (non-hydrogen) atoms. The van der Waals surface area contributed by atoms with Crippen LogP contribution in [-0.2, 0) is 22.5 Å². The molecule has 4 rings (SSSR count). The van der Waals surface area contributed by atoms with Crippen LogP contribution in [0.2, 0.25) is 0 Å². The summed E-state index contributed by atoms with van der Waals surface area (Å²) in [6.45, 7) is 5.99. The molecule has 1 atom stereocenters. The lowest BCUT2D eigenvalue weighted by Gasteiger charge is -2.32. The number of hydrogen-bond donors (Lipinski definition) is 2. The number of amides is 3. The van der Waals surface area contributed by atoms with Crippen molar-refractivity contribution in [2.45, 2.75) is 39.0 Å². The summed E-state index contributed by atoms with van der Waals surface area (Å²) in [5.74, 6) is 0.915. The Kier molecular flexibility index (Phi) is 7.32. The van der Waals surface area contributed by atoms with E-state index in [1.807, 2.05) is 13.8 Å². The molecule has 2 aromatic heterocycles. The molecule has 4 heterocycles. The Morgan fingerprint density at radius 2 is 2.03 bits per heavy atom. The first-order chi connectivity index (χ1) is 16.4. The van der Waals surface area contributed by atoms with Crippen LogP contribution in [0.25, 0.3) is 0 Å². The number of anilines is 2. The molecule has 12 nitrogen and oxygen atoms in total. The molecule has 13 heteroatoms. The Morgan fingerprint density at radius 1 is 1.21 bits per heavy atom. The predicted molar refractivity (Wildman–Crippen MR) is 126 cm³/mol. The van der Waals surface area contributed by atoms with E-state index in [9.17, 15) is 9.59 Å². The van der Waals surface area contributed by atoms with Gasteiger partial charge < -0.3 is 29.3 Å². The van der Waals surface area contributed by atoms with Crippen molar-refractivity contribution in [3.05, 3.63) is 16.6 Å². The number of morpholine rings is 1. The Balaban J connectivity index is 1.40. The maximum Gasteiger partial charge on any atom is 0.323 e. The fourth-order valence-electron chi connectivity index (χ4n) is 3.73. The molecule has 0 aromatic carbocycles. The monoisotopic (exact) mass is 491 g/mol. The fraction of sp³-hybridized carbons (Fsp3) is 0.571. The fourth-order valence-corrected chi connectivity index (χ4v) is 4.75. The highest BCUT2D eigenvalue weighted by Gasteiger charge is 2.30. The minimum Gasteiger partial charge on any atom is -0.481 e. The molecule has 0 saturated carbocycles. The summed E-state index contributed by atoms with van der Waals surface area (Å²) in [7, 11) is 3.06. The van der Waals surface area contributed by atoms with Crippen LogP contribution < -0.4 is 25.0 Å². The van der Waals surface area contributed by atoms with E-state index >= 15 is 0 Å². The third-order valence-corrected chi connectivity index (χ3v) is 6.40. The highest BCUT2D eigenvalue weighted by atomic mass is 32.1. The van der Waals surface area contributed by atoms with E-state index in [0.29, 0.717) is 49.5 Å². The van der Waals surface area contributed by atoms with E-state index in [1.165, 1.54) is 18.4 Å². The molecule has 2 aliphatic heterocycles. The molecule has 0 radical (unpaired) electrons. The minimum atomic E-state index is -0.679. The molecule has 0 spiro atoms. The van der Waals surface area contributed by atoms with Crippen LogP contribution in [0.5, 0.6) is 11.9 Å². The first-order valence-electron chi connectivity index (χ1n) is 11.0. The summed E-state index contributed by atoms with van der Waals surface area (Å²) in [5.41, 5.74) is 0.959. The van der Waals surface area contributed by atoms with Crippen LogP contribution in [0.15, 0.2) is 6.07 Å². The number of ether oxygens (including phenoxy) is 3. The van der Waals surface area contributed by atoms with Crippen LogP contribution in [0, 0.1) is 0 Å². The van der Waals surface area contributed by atoms with Gasteiger partial charge in [0, 0.05) is 36.5 Å². The van der Waals surface area contributed by atoms with Crippen LogP contribution >= 0.6 is 11.3 Å². The van der Waals surface area contributed by atoms with Gasteiger partial charge in [-0.2, -0.15) is 9.97 Å². The topological polar surface area (TPSA) is 131 Å². The van der Waals surface area contributed by atoms with E-state index in [-0.39, 0.29) is 30.5 Å². The lowest BCUT2D eigenvalue weighted by atomic mass is 10.2. The molecule has 0 aliphatic carbocycles. The van der Waals surface area contributed by atoms with Crippen molar-refractivity contribution in [1.29, 1.82) is 0 Å². The normalized spacial score (nSPS) is 17.9. The van der Waals surface area contributed by atoms with Gasteiger partial charge in [-0.1, -0.05) is 11.3 Å². The van der Waals surface area contributed by atoms with E-state index in [0.717, 1.165) is 10.6 Å². The first kappa shape index (κ1) is 24.0. The number of nitrogens with one attached hydrogen (secondary N) is 2. The second-order valence-electron chi connectivity index (χ2n) is 8.21. The number of carbonyl (C=O) groups is 2. The molecule has 2 aliphatic rings. The Labute approximate surface area is 201 Å². The van der Waals surface area contributed by atoms with Gasteiger partial charge in [-0.3, -0.25) is 10.1 Å². The molecule has 2 N–H and O–H groups in total. The first-order valence-corrected chi connectivity index (χ1v) is 11.9. The van der Waals surface area contributed by atoms with Gasteiger partial charge in [0.25, 0.3) is 5.91 Å². The third-order valence-electron chi connectivity index (χ3n) is 5.41. The molecule has 1 fully saturated rings. The van der Waals surface area contributed by atoms with Gasteiger partial charge in [-0.25, -0.2) is 9.78 Å². The van der Waals surface area contributed by atoms with Gasteiger partial charge in [-0.05, 0) is 13.8 Å². The molecule has 1 unspecified atom stereocenters. The van der Waals surface area contributed by atoms with Gasteiger partial charge in [0.15, 0.2) is 11.2 Å². The number of carbonyl (C=O) groups excluding carboxylic acids is 2. The number of methoxy groups -OCH3 is 2. The summed E-state index contributed by atoms with van der Waals surface area (Å²) >= 11 is 1.43. The zero-order valence-corrected chi connectivity index (χ0v) is 20.5.